The average Bonchev–Trinajstić information content (AvgIpc) is 2.75. The highest BCUT2D eigenvalue weighted by Gasteiger charge is 2.22. The molecule has 0 saturated carbocycles. The molecule has 1 aliphatic carbocycles. The van der Waals surface area contributed by atoms with Crippen molar-refractivity contribution in [3.05, 3.63) is 52.4 Å². The first-order valence-corrected chi connectivity index (χ1v) is 10.7. The van der Waals surface area contributed by atoms with Gasteiger partial charge in [-0.05, 0) is 87.8 Å². The minimum atomic E-state index is 0.182. The molecule has 1 saturated heterocycles. The summed E-state index contributed by atoms with van der Waals surface area (Å²) in [5.74, 6) is 1.16. The molecule has 1 aromatic rings. The van der Waals surface area contributed by atoms with E-state index < -0.39 is 0 Å². The fraction of sp³-hybridized carbons (Fsp3) is 0.542. The van der Waals surface area contributed by atoms with Crippen molar-refractivity contribution in [1.82, 2.24) is 4.90 Å². The molecule has 1 heterocycles. The van der Waals surface area contributed by atoms with E-state index in [1.54, 1.807) is 7.11 Å². The van der Waals surface area contributed by atoms with Crippen molar-refractivity contribution >= 4 is 11.6 Å². The Bertz CT molecular complexity index is 773. The molecule has 0 atom stereocenters. The van der Waals surface area contributed by atoms with Crippen molar-refractivity contribution in [2.24, 2.45) is 0 Å². The maximum atomic E-state index is 12.9. The highest BCUT2D eigenvalue weighted by atomic mass is 16.5. The van der Waals surface area contributed by atoms with Crippen molar-refractivity contribution in [2.45, 2.75) is 59.3 Å². The van der Waals surface area contributed by atoms with Gasteiger partial charge in [-0.1, -0.05) is 6.92 Å². The van der Waals surface area contributed by atoms with Gasteiger partial charge in [-0.15, -0.1) is 0 Å². The van der Waals surface area contributed by atoms with Crippen LogP contribution in [-0.2, 0) is 11.2 Å². The standard InChI is InChI=1S/C24H34N2O2/c1-5-19-16-20(24(27)25-14-8-7-9-15-25)11-13-22(19)26(6-2)21-12-10-18(3)23(17-21)28-4/h11,13,16-17H,5-10,12,14-15H2,1-4H3. The molecular formula is C24H34N2O2. The smallest absolute Gasteiger partial charge is 0.253 e. The van der Waals surface area contributed by atoms with Crippen molar-refractivity contribution in [3.8, 4) is 0 Å². The molecule has 0 radical (unpaired) electrons. The van der Waals surface area contributed by atoms with Gasteiger partial charge in [0.15, 0.2) is 0 Å². The Labute approximate surface area is 169 Å². The maximum absolute atomic E-state index is 12.9. The zero-order chi connectivity index (χ0) is 20.1. The molecule has 0 N–H and O–H groups in total. The molecular weight excluding hydrogens is 348 g/mol. The largest absolute Gasteiger partial charge is 0.497 e. The third kappa shape index (κ3) is 4.26. The highest BCUT2D eigenvalue weighted by Crippen LogP contribution is 2.32. The van der Waals surface area contributed by atoms with Crippen LogP contribution >= 0.6 is 0 Å². The van der Waals surface area contributed by atoms with Crippen LogP contribution in [0.4, 0.5) is 5.69 Å². The lowest BCUT2D eigenvalue weighted by Gasteiger charge is -2.31. The predicted octanol–water partition coefficient (Wildman–Crippen LogP) is 5.30. The van der Waals surface area contributed by atoms with Gasteiger partial charge in [0, 0.05) is 36.6 Å². The van der Waals surface area contributed by atoms with Crippen LogP contribution in [-0.4, -0.2) is 37.6 Å². The van der Waals surface area contributed by atoms with Gasteiger partial charge in [0.05, 0.1) is 7.11 Å². The van der Waals surface area contributed by atoms with Crippen LogP contribution in [0.25, 0.3) is 0 Å². The molecule has 1 aliphatic heterocycles. The van der Waals surface area contributed by atoms with Gasteiger partial charge in [0.1, 0.15) is 5.76 Å². The van der Waals surface area contributed by atoms with Gasteiger partial charge in [-0.3, -0.25) is 4.79 Å². The summed E-state index contributed by atoms with van der Waals surface area (Å²) in [6.45, 7) is 9.17. The number of ether oxygens (including phenoxy) is 1. The van der Waals surface area contributed by atoms with Gasteiger partial charge in [0.2, 0.25) is 0 Å². The van der Waals surface area contributed by atoms with E-state index in [9.17, 15) is 4.79 Å². The number of hydrogen-bond donors (Lipinski definition) is 0. The maximum Gasteiger partial charge on any atom is 0.253 e. The molecule has 152 valence electrons. The Hall–Kier alpha value is -2.23. The number of carbonyl (C=O) groups is 1. The molecule has 0 aromatic heterocycles. The number of hydrogen-bond acceptors (Lipinski definition) is 3. The Morgan fingerprint density at radius 2 is 1.89 bits per heavy atom. The zero-order valence-corrected chi connectivity index (χ0v) is 17.9. The lowest BCUT2D eigenvalue weighted by Crippen LogP contribution is -2.35. The monoisotopic (exact) mass is 382 g/mol. The molecule has 0 bridgehead atoms. The Balaban J connectivity index is 1.89. The highest BCUT2D eigenvalue weighted by molar-refractivity contribution is 5.95. The van der Waals surface area contributed by atoms with Crippen molar-refractivity contribution in [1.29, 1.82) is 0 Å². The second-order valence-corrected chi connectivity index (χ2v) is 7.78. The van der Waals surface area contributed by atoms with Crippen LogP contribution < -0.4 is 4.90 Å². The second kappa shape index (κ2) is 9.31. The van der Waals surface area contributed by atoms with Crippen molar-refractivity contribution < 1.29 is 9.53 Å². The van der Waals surface area contributed by atoms with Crippen LogP contribution in [0, 0.1) is 0 Å². The molecule has 4 nitrogen and oxygen atoms in total. The van der Waals surface area contributed by atoms with Crippen LogP contribution in [0.1, 0.15) is 68.8 Å². The molecule has 1 amide bonds. The third-order valence-corrected chi connectivity index (χ3v) is 6.00. The van der Waals surface area contributed by atoms with Gasteiger partial charge in [0.25, 0.3) is 5.91 Å². The van der Waals surface area contributed by atoms with E-state index in [1.165, 1.54) is 28.9 Å². The van der Waals surface area contributed by atoms with Crippen molar-refractivity contribution in [2.75, 3.05) is 31.6 Å². The van der Waals surface area contributed by atoms with E-state index in [2.05, 4.69) is 43.9 Å². The number of methoxy groups -OCH3 is 1. The number of benzene rings is 1. The van der Waals surface area contributed by atoms with Gasteiger partial charge in [-0.25, -0.2) is 0 Å². The van der Waals surface area contributed by atoms with Gasteiger partial charge < -0.3 is 14.5 Å². The third-order valence-electron chi connectivity index (χ3n) is 6.00. The number of anilines is 1. The van der Waals surface area contributed by atoms with Gasteiger partial charge >= 0.3 is 0 Å². The molecule has 2 aliphatic rings. The Morgan fingerprint density at radius 3 is 2.54 bits per heavy atom. The zero-order valence-electron chi connectivity index (χ0n) is 17.9. The van der Waals surface area contributed by atoms with E-state index in [1.807, 2.05) is 11.0 Å². The van der Waals surface area contributed by atoms with E-state index in [-0.39, 0.29) is 5.91 Å². The summed E-state index contributed by atoms with van der Waals surface area (Å²) in [6.07, 6.45) is 8.61. The number of nitrogens with zero attached hydrogens (tertiary/aromatic N) is 2. The number of likely N-dealkylation sites (tertiary alicyclic amines) is 1. The van der Waals surface area contributed by atoms with E-state index >= 15 is 0 Å². The quantitative estimate of drug-likeness (QED) is 0.669. The summed E-state index contributed by atoms with van der Waals surface area (Å²) < 4.78 is 5.56. The van der Waals surface area contributed by atoms with Crippen LogP contribution in [0.2, 0.25) is 0 Å². The first-order valence-electron chi connectivity index (χ1n) is 10.7. The topological polar surface area (TPSA) is 32.8 Å². The number of carbonyl (C=O) groups excluding carboxylic acids is 1. The minimum Gasteiger partial charge on any atom is -0.497 e. The number of piperidine rings is 1. The molecule has 1 fully saturated rings. The molecule has 0 spiro atoms. The number of allylic oxidation sites excluding steroid dienone is 3. The molecule has 4 heteroatoms. The fourth-order valence-electron chi connectivity index (χ4n) is 4.30. The first kappa shape index (κ1) is 20.5. The number of amides is 1. The lowest BCUT2D eigenvalue weighted by molar-refractivity contribution is 0.0724. The molecule has 1 aromatic carbocycles. The summed E-state index contributed by atoms with van der Waals surface area (Å²) in [7, 11) is 1.74. The summed E-state index contributed by atoms with van der Waals surface area (Å²) in [4.78, 5) is 17.3. The normalized spacial score (nSPS) is 17.4. The molecule has 28 heavy (non-hydrogen) atoms. The van der Waals surface area contributed by atoms with Gasteiger partial charge in [-0.2, -0.15) is 0 Å². The van der Waals surface area contributed by atoms with Crippen LogP contribution in [0.5, 0.6) is 0 Å². The van der Waals surface area contributed by atoms with E-state index in [0.717, 1.165) is 63.1 Å². The van der Waals surface area contributed by atoms with E-state index in [0.29, 0.717) is 0 Å². The summed E-state index contributed by atoms with van der Waals surface area (Å²) in [5, 5.41) is 0. The number of aryl methyl sites for hydroxylation is 1. The van der Waals surface area contributed by atoms with Crippen molar-refractivity contribution in [3.63, 3.8) is 0 Å². The Morgan fingerprint density at radius 1 is 1.14 bits per heavy atom. The minimum absolute atomic E-state index is 0.182. The predicted molar refractivity (Wildman–Crippen MR) is 116 cm³/mol. The fourth-order valence-corrected chi connectivity index (χ4v) is 4.30. The molecule has 3 rings (SSSR count). The first-order chi connectivity index (χ1) is 13.6. The summed E-state index contributed by atoms with van der Waals surface area (Å²) >= 11 is 0. The second-order valence-electron chi connectivity index (χ2n) is 7.78. The Kier molecular flexibility index (Phi) is 6.82. The van der Waals surface area contributed by atoms with Crippen LogP contribution in [0.3, 0.4) is 0 Å². The SMILES string of the molecule is CCc1cc(C(=O)N2CCCCC2)ccc1N(CC)C1=CC(OC)=C(C)CC1. The molecule has 0 unspecified atom stereocenters. The van der Waals surface area contributed by atoms with E-state index in [4.69, 9.17) is 4.74 Å². The lowest BCUT2D eigenvalue weighted by atomic mass is 9.99. The summed E-state index contributed by atoms with van der Waals surface area (Å²) in [6, 6.07) is 6.25. The summed E-state index contributed by atoms with van der Waals surface area (Å²) in [5.41, 5.74) is 5.86. The average molecular weight is 383 g/mol. The van der Waals surface area contributed by atoms with Crippen LogP contribution in [0.15, 0.2) is 41.3 Å². The number of rotatable bonds is 6.